The summed E-state index contributed by atoms with van der Waals surface area (Å²) in [5.41, 5.74) is 8.33. The normalized spacial score (nSPS) is 19.1. The molecule has 2 heterocycles. The first-order chi connectivity index (χ1) is 21.0. The van der Waals surface area contributed by atoms with Gasteiger partial charge < -0.3 is 15.4 Å². The molecule has 216 valence electrons. The number of hydrogen-bond acceptors (Lipinski definition) is 4. The summed E-state index contributed by atoms with van der Waals surface area (Å²) in [5.74, 6) is -0.577. The molecule has 0 saturated carbocycles. The molecule has 0 unspecified atom stereocenters. The van der Waals surface area contributed by atoms with Crippen molar-refractivity contribution < 1.29 is 19.1 Å². The smallest absolute Gasteiger partial charge is 0.407 e. The maximum absolute atomic E-state index is 14.0. The lowest BCUT2D eigenvalue weighted by Gasteiger charge is -2.28. The average Bonchev–Trinajstić information content (AvgIpc) is 3.54. The molecule has 7 rings (SSSR count). The van der Waals surface area contributed by atoms with Gasteiger partial charge in [-0.05, 0) is 58.7 Å². The van der Waals surface area contributed by atoms with Gasteiger partial charge in [-0.25, -0.2) is 4.79 Å². The van der Waals surface area contributed by atoms with Gasteiger partial charge in [0.05, 0.1) is 11.7 Å². The summed E-state index contributed by atoms with van der Waals surface area (Å²) < 4.78 is 5.77. The summed E-state index contributed by atoms with van der Waals surface area (Å²) in [6.45, 7) is 2.10. The monoisotopic (exact) mass is 571 g/mol. The Kier molecular flexibility index (Phi) is 6.93. The molecule has 4 aromatic rings. The van der Waals surface area contributed by atoms with Crippen molar-refractivity contribution in [1.82, 2.24) is 10.6 Å². The van der Waals surface area contributed by atoms with Crippen LogP contribution in [0.15, 0.2) is 97.1 Å². The van der Waals surface area contributed by atoms with Crippen LogP contribution in [-0.2, 0) is 27.2 Å². The standard InChI is InChI=1S/C36H33N3O4/c1-22(23-10-3-2-4-11-23)37-34(40)32-20-25-13-9-12-24-18-19-31(35(41)39(32)33(24)25)38-36(42)43-21-30-28-16-7-5-14-26(28)27-15-6-8-17-29(27)30/h2-17,22,30-32H,18-21H2,1H3,(H,37,40)(H,38,42)/t22-,31+,32+/m1/s1. The van der Waals surface area contributed by atoms with Crippen molar-refractivity contribution in [3.63, 3.8) is 0 Å². The van der Waals surface area contributed by atoms with E-state index in [2.05, 4.69) is 34.9 Å². The molecule has 0 aromatic heterocycles. The number of fused-ring (bicyclic) bond motifs is 3. The molecule has 7 heteroatoms. The predicted octanol–water partition coefficient (Wildman–Crippen LogP) is 5.68. The highest BCUT2D eigenvalue weighted by atomic mass is 16.5. The summed E-state index contributed by atoms with van der Waals surface area (Å²) >= 11 is 0. The second-order valence-electron chi connectivity index (χ2n) is 11.6. The number of carbonyl (C=O) groups is 3. The van der Waals surface area contributed by atoms with Crippen LogP contribution in [0.4, 0.5) is 10.5 Å². The Morgan fingerprint density at radius 3 is 2.23 bits per heavy atom. The van der Waals surface area contributed by atoms with Crippen molar-refractivity contribution in [1.29, 1.82) is 0 Å². The average molecular weight is 572 g/mol. The quantitative estimate of drug-likeness (QED) is 0.312. The minimum atomic E-state index is -0.809. The highest BCUT2D eigenvalue weighted by Gasteiger charge is 2.44. The Morgan fingerprint density at radius 1 is 0.860 bits per heavy atom. The Morgan fingerprint density at radius 2 is 1.51 bits per heavy atom. The third-order valence-electron chi connectivity index (χ3n) is 9.00. The minimum Gasteiger partial charge on any atom is -0.449 e. The second kappa shape index (κ2) is 11.1. The predicted molar refractivity (Wildman–Crippen MR) is 165 cm³/mol. The van der Waals surface area contributed by atoms with E-state index >= 15 is 0 Å². The molecular formula is C36H33N3O4. The number of ether oxygens (including phenoxy) is 1. The van der Waals surface area contributed by atoms with Gasteiger partial charge in [0.1, 0.15) is 18.7 Å². The fourth-order valence-corrected chi connectivity index (χ4v) is 6.89. The van der Waals surface area contributed by atoms with E-state index in [1.54, 1.807) is 4.90 Å². The van der Waals surface area contributed by atoms with Crippen molar-refractivity contribution in [3.8, 4) is 11.1 Å². The van der Waals surface area contributed by atoms with Crippen LogP contribution in [0.3, 0.4) is 0 Å². The van der Waals surface area contributed by atoms with Crippen LogP contribution in [0.2, 0.25) is 0 Å². The van der Waals surface area contributed by atoms with Gasteiger partial charge >= 0.3 is 6.09 Å². The largest absolute Gasteiger partial charge is 0.449 e. The molecule has 3 amide bonds. The first kappa shape index (κ1) is 27.0. The van der Waals surface area contributed by atoms with Crippen LogP contribution < -0.4 is 15.5 Å². The van der Waals surface area contributed by atoms with E-state index in [-0.39, 0.29) is 30.4 Å². The molecule has 3 atom stereocenters. The van der Waals surface area contributed by atoms with Gasteiger partial charge in [0.15, 0.2) is 0 Å². The summed E-state index contributed by atoms with van der Waals surface area (Å²) in [6.07, 6.45) is 0.823. The molecule has 2 N–H and O–H groups in total. The van der Waals surface area contributed by atoms with Gasteiger partial charge in [-0.1, -0.05) is 97.1 Å². The summed E-state index contributed by atoms with van der Waals surface area (Å²) in [6, 6.07) is 30.3. The Hall–Kier alpha value is -4.91. The van der Waals surface area contributed by atoms with Gasteiger partial charge in [-0.15, -0.1) is 0 Å². The number of anilines is 1. The molecule has 4 aromatic carbocycles. The number of aryl methyl sites for hydroxylation is 1. The SMILES string of the molecule is C[C@@H](NC(=O)[C@@H]1Cc2cccc3c2N1C(=O)[C@@H](NC(=O)OCC1c2ccccc2-c2ccccc21)CC3)c1ccccc1. The molecule has 1 aliphatic carbocycles. The zero-order chi connectivity index (χ0) is 29.5. The first-order valence-corrected chi connectivity index (χ1v) is 14.9. The molecule has 7 nitrogen and oxygen atoms in total. The lowest BCUT2D eigenvalue weighted by molar-refractivity contribution is -0.127. The topological polar surface area (TPSA) is 87.7 Å². The third kappa shape index (κ3) is 4.84. The van der Waals surface area contributed by atoms with Crippen molar-refractivity contribution in [3.05, 3.63) is 125 Å². The number of alkyl carbamates (subject to hydrolysis) is 1. The van der Waals surface area contributed by atoms with E-state index in [4.69, 9.17) is 4.74 Å². The van der Waals surface area contributed by atoms with Crippen molar-refractivity contribution >= 4 is 23.6 Å². The lowest BCUT2D eigenvalue weighted by Crippen LogP contribution is -2.54. The molecule has 0 radical (unpaired) electrons. The number of nitrogens with zero attached hydrogens (tertiary/aromatic N) is 1. The zero-order valence-corrected chi connectivity index (χ0v) is 24.0. The van der Waals surface area contributed by atoms with Crippen LogP contribution in [-0.4, -0.2) is 36.6 Å². The number of carbonyl (C=O) groups excluding carboxylic acids is 3. The number of nitrogens with one attached hydrogen (secondary N) is 2. The first-order valence-electron chi connectivity index (χ1n) is 14.9. The van der Waals surface area contributed by atoms with Crippen LogP contribution in [0, 0.1) is 0 Å². The van der Waals surface area contributed by atoms with Crippen LogP contribution in [0.1, 0.15) is 53.1 Å². The number of amides is 3. The molecule has 0 saturated heterocycles. The van der Waals surface area contributed by atoms with E-state index in [0.717, 1.165) is 44.6 Å². The molecule has 0 fully saturated rings. The summed E-state index contributed by atoms with van der Waals surface area (Å²) in [4.78, 5) is 42.4. The highest BCUT2D eigenvalue weighted by Crippen LogP contribution is 2.44. The number of para-hydroxylation sites is 1. The van der Waals surface area contributed by atoms with Gasteiger partial charge in [-0.2, -0.15) is 0 Å². The Balaban J connectivity index is 1.07. The maximum atomic E-state index is 14.0. The van der Waals surface area contributed by atoms with E-state index in [1.807, 2.05) is 79.7 Å². The molecule has 3 aliphatic rings. The van der Waals surface area contributed by atoms with Gasteiger partial charge in [0, 0.05) is 12.3 Å². The van der Waals surface area contributed by atoms with Gasteiger partial charge in [0.2, 0.25) is 11.8 Å². The Labute approximate surface area is 250 Å². The van der Waals surface area contributed by atoms with Crippen molar-refractivity contribution in [2.24, 2.45) is 0 Å². The highest BCUT2D eigenvalue weighted by molar-refractivity contribution is 6.07. The van der Waals surface area contributed by atoms with E-state index in [1.165, 1.54) is 0 Å². The molecule has 2 aliphatic heterocycles. The van der Waals surface area contributed by atoms with Crippen LogP contribution >= 0.6 is 0 Å². The zero-order valence-electron chi connectivity index (χ0n) is 24.0. The molecule has 0 spiro atoms. The van der Waals surface area contributed by atoms with E-state index < -0.39 is 18.2 Å². The van der Waals surface area contributed by atoms with E-state index in [0.29, 0.717) is 19.3 Å². The molecule has 0 bridgehead atoms. The van der Waals surface area contributed by atoms with Crippen molar-refractivity contribution in [2.75, 3.05) is 11.5 Å². The van der Waals surface area contributed by atoms with Crippen LogP contribution in [0.25, 0.3) is 11.1 Å². The second-order valence-corrected chi connectivity index (χ2v) is 11.6. The van der Waals surface area contributed by atoms with E-state index in [9.17, 15) is 14.4 Å². The maximum Gasteiger partial charge on any atom is 0.407 e. The summed E-state index contributed by atoms with van der Waals surface area (Å²) in [7, 11) is 0. The van der Waals surface area contributed by atoms with Crippen molar-refractivity contribution in [2.45, 2.75) is 50.2 Å². The fraction of sp³-hybridized carbons (Fsp3) is 0.250. The van der Waals surface area contributed by atoms with Gasteiger partial charge in [0.25, 0.3) is 0 Å². The summed E-state index contributed by atoms with van der Waals surface area (Å²) in [5, 5.41) is 5.95. The number of benzene rings is 4. The molecular weight excluding hydrogens is 538 g/mol. The fourth-order valence-electron chi connectivity index (χ4n) is 6.89. The van der Waals surface area contributed by atoms with Gasteiger partial charge in [-0.3, -0.25) is 14.5 Å². The Bertz CT molecular complexity index is 1670. The minimum absolute atomic E-state index is 0.0759. The van der Waals surface area contributed by atoms with Crippen LogP contribution in [0.5, 0.6) is 0 Å². The third-order valence-corrected chi connectivity index (χ3v) is 9.00. The lowest BCUT2D eigenvalue weighted by atomic mass is 9.98. The number of hydrogen-bond donors (Lipinski definition) is 2. The molecule has 43 heavy (non-hydrogen) atoms. The number of rotatable bonds is 6.